The Hall–Kier alpha value is -1.36. The minimum absolute atomic E-state index is 0.107. The van der Waals surface area contributed by atoms with Gasteiger partial charge in [-0.05, 0) is 69.1 Å². The van der Waals surface area contributed by atoms with E-state index in [0.717, 1.165) is 34.1 Å². The van der Waals surface area contributed by atoms with Gasteiger partial charge >= 0.3 is 0 Å². The molecule has 2 aromatic heterocycles. The maximum atomic E-state index is 6.26. The SMILES string of the molecule is Cc1nn(CCc2nnc(C34CC5CC(C)(CC(C)(C5)C3)C4)o2)c(C)c1Cl. The largest absolute Gasteiger partial charge is 0.425 e. The van der Waals surface area contributed by atoms with E-state index in [9.17, 15) is 0 Å². The zero-order valence-corrected chi connectivity index (χ0v) is 17.6. The Bertz CT molecular complexity index is 882. The lowest BCUT2D eigenvalue weighted by molar-refractivity contribution is -0.117. The van der Waals surface area contributed by atoms with Crippen LogP contribution >= 0.6 is 11.6 Å². The van der Waals surface area contributed by atoms with Gasteiger partial charge in [-0.25, -0.2) is 0 Å². The molecule has 2 unspecified atom stereocenters. The first-order valence-electron chi connectivity index (χ1n) is 10.2. The molecule has 146 valence electrons. The van der Waals surface area contributed by atoms with Gasteiger partial charge in [0, 0.05) is 18.4 Å². The summed E-state index contributed by atoms with van der Waals surface area (Å²) in [5.41, 5.74) is 2.87. The van der Waals surface area contributed by atoms with Crippen LogP contribution in [0.5, 0.6) is 0 Å². The van der Waals surface area contributed by atoms with Crippen molar-refractivity contribution in [3.8, 4) is 0 Å². The van der Waals surface area contributed by atoms with Gasteiger partial charge in [-0.15, -0.1) is 10.2 Å². The van der Waals surface area contributed by atoms with Gasteiger partial charge in [0.2, 0.25) is 11.8 Å². The van der Waals surface area contributed by atoms with Crippen LogP contribution in [0, 0.1) is 30.6 Å². The molecule has 4 aliphatic rings. The number of aryl methyl sites for hydroxylation is 3. The summed E-state index contributed by atoms with van der Waals surface area (Å²) in [7, 11) is 0. The molecule has 0 radical (unpaired) electrons. The fraction of sp³-hybridized carbons (Fsp3) is 0.762. The van der Waals surface area contributed by atoms with Gasteiger partial charge in [0.05, 0.1) is 16.4 Å². The molecule has 4 saturated carbocycles. The molecular weight excluding hydrogens is 360 g/mol. The summed E-state index contributed by atoms with van der Waals surface area (Å²) in [5.74, 6) is 2.44. The van der Waals surface area contributed by atoms with Gasteiger partial charge in [0.1, 0.15) is 0 Å². The summed E-state index contributed by atoms with van der Waals surface area (Å²) in [6.07, 6.45) is 8.46. The van der Waals surface area contributed by atoms with Crippen molar-refractivity contribution >= 4 is 11.6 Å². The Kier molecular flexibility index (Phi) is 3.67. The van der Waals surface area contributed by atoms with Gasteiger partial charge in [-0.1, -0.05) is 25.4 Å². The van der Waals surface area contributed by atoms with Crippen LogP contribution in [0.3, 0.4) is 0 Å². The van der Waals surface area contributed by atoms with Crippen molar-refractivity contribution in [3.05, 3.63) is 28.2 Å². The molecule has 0 saturated heterocycles. The minimum Gasteiger partial charge on any atom is -0.425 e. The lowest BCUT2D eigenvalue weighted by atomic mass is 9.40. The zero-order valence-electron chi connectivity index (χ0n) is 16.8. The molecule has 4 fully saturated rings. The average Bonchev–Trinajstić information content (AvgIpc) is 3.11. The van der Waals surface area contributed by atoms with E-state index in [-0.39, 0.29) is 5.41 Å². The fourth-order valence-electron chi connectivity index (χ4n) is 7.35. The van der Waals surface area contributed by atoms with Gasteiger partial charge in [0.25, 0.3) is 0 Å². The Morgan fingerprint density at radius 2 is 1.78 bits per heavy atom. The third kappa shape index (κ3) is 2.76. The standard InChI is InChI=1S/C21H29ClN4O/c1-13-17(22)14(2)26(25-13)6-5-16-23-24-18(27-16)21-9-15-7-19(3,11-21)10-20(4,8-15)12-21/h15H,5-12H2,1-4H3. The van der Waals surface area contributed by atoms with Gasteiger partial charge in [-0.2, -0.15) is 5.10 Å². The van der Waals surface area contributed by atoms with E-state index < -0.39 is 0 Å². The van der Waals surface area contributed by atoms with Crippen molar-refractivity contribution in [2.75, 3.05) is 0 Å². The first kappa shape index (κ1) is 17.7. The highest BCUT2D eigenvalue weighted by Crippen LogP contribution is 2.69. The van der Waals surface area contributed by atoms with E-state index >= 15 is 0 Å². The van der Waals surface area contributed by atoms with Crippen LogP contribution in [0.1, 0.15) is 75.5 Å². The molecule has 5 nitrogen and oxygen atoms in total. The third-order valence-electron chi connectivity index (χ3n) is 7.38. The first-order valence-corrected chi connectivity index (χ1v) is 10.6. The summed E-state index contributed by atoms with van der Waals surface area (Å²) in [6.45, 7) is 9.61. The van der Waals surface area contributed by atoms with Crippen LogP contribution in [0.15, 0.2) is 4.42 Å². The summed E-state index contributed by atoms with van der Waals surface area (Å²) in [5, 5.41) is 14.2. The van der Waals surface area contributed by atoms with Crippen LogP contribution in [0.25, 0.3) is 0 Å². The molecule has 0 N–H and O–H groups in total. The second-order valence-corrected chi connectivity index (χ2v) is 10.7. The highest BCUT2D eigenvalue weighted by Gasteiger charge is 2.62. The Morgan fingerprint density at radius 3 is 2.37 bits per heavy atom. The maximum absolute atomic E-state index is 6.26. The Morgan fingerprint density at radius 1 is 1.07 bits per heavy atom. The van der Waals surface area contributed by atoms with E-state index in [0.29, 0.717) is 23.8 Å². The molecule has 0 aromatic carbocycles. The van der Waals surface area contributed by atoms with Crippen molar-refractivity contribution < 1.29 is 4.42 Å². The molecule has 2 atom stereocenters. The van der Waals surface area contributed by atoms with Gasteiger partial charge < -0.3 is 4.42 Å². The summed E-state index contributed by atoms with van der Waals surface area (Å²) >= 11 is 6.25. The number of rotatable bonds is 4. The van der Waals surface area contributed by atoms with Crippen molar-refractivity contribution in [1.29, 1.82) is 0 Å². The normalized spacial score (nSPS) is 37.3. The van der Waals surface area contributed by atoms with E-state index in [1.54, 1.807) is 0 Å². The fourth-order valence-corrected chi connectivity index (χ4v) is 7.48. The number of nitrogens with zero attached hydrogens (tertiary/aromatic N) is 4. The Labute approximate surface area is 165 Å². The van der Waals surface area contributed by atoms with Crippen LogP contribution in [0.4, 0.5) is 0 Å². The highest BCUT2D eigenvalue weighted by molar-refractivity contribution is 6.31. The molecule has 2 aromatic rings. The van der Waals surface area contributed by atoms with Crippen LogP contribution in [-0.2, 0) is 18.4 Å². The monoisotopic (exact) mass is 388 g/mol. The molecule has 0 amide bonds. The lowest BCUT2D eigenvalue weighted by Crippen LogP contribution is -2.57. The summed E-state index contributed by atoms with van der Waals surface area (Å²) in [4.78, 5) is 0. The quantitative estimate of drug-likeness (QED) is 0.737. The molecular formula is C21H29ClN4O. The van der Waals surface area contributed by atoms with Gasteiger partial charge in [-0.3, -0.25) is 4.68 Å². The van der Waals surface area contributed by atoms with E-state index in [1.807, 2.05) is 18.5 Å². The average molecular weight is 389 g/mol. The second kappa shape index (κ2) is 5.59. The minimum atomic E-state index is 0.107. The van der Waals surface area contributed by atoms with Crippen LogP contribution < -0.4 is 0 Å². The highest BCUT2D eigenvalue weighted by atomic mass is 35.5. The van der Waals surface area contributed by atoms with Crippen LogP contribution in [0.2, 0.25) is 5.02 Å². The number of hydrogen-bond acceptors (Lipinski definition) is 4. The number of hydrogen-bond donors (Lipinski definition) is 0. The third-order valence-corrected chi connectivity index (χ3v) is 7.92. The molecule has 0 spiro atoms. The maximum Gasteiger partial charge on any atom is 0.222 e. The van der Waals surface area contributed by atoms with Crippen molar-refractivity contribution in [1.82, 2.24) is 20.0 Å². The first-order chi connectivity index (χ1) is 12.7. The number of halogens is 1. The molecule has 4 aliphatic carbocycles. The van der Waals surface area contributed by atoms with E-state index in [4.69, 9.17) is 16.0 Å². The van der Waals surface area contributed by atoms with Gasteiger partial charge in [0.15, 0.2) is 0 Å². The molecule has 6 heteroatoms. The zero-order chi connectivity index (χ0) is 19.0. The van der Waals surface area contributed by atoms with Crippen LogP contribution in [-0.4, -0.2) is 20.0 Å². The predicted molar refractivity (Wildman–Crippen MR) is 104 cm³/mol. The van der Waals surface area contributed by atoms with Crippen molar-refractivity contribution in [2.24, 2.45) is 16.7 Å². The molecule has 4 bridgehead atoms. The lowest BCUT2D eigenvalue weighted by Gasteiger charge is -2.64. The predicted octanol–water partition coefficient (Wildman–Crippen LogP) is 5.03. The molecule has 6 rings (SSSR count). The summed E-state index contributed by atoms with van der Waals surface area (Å²) < 4.78 is 8.20. The Balaban J connectivity index is 1.37. The molecule has 2 heterocycles. The smallest absolute Gasteiger partial charge is 0.222 e. The van der Waals surface area contributed by atoms with E-state index in [1.165, 1.54) is 38.5 Å². The molecule has 27 heavy (non-hydrogen) atoms. The molecule has 0 aliphatic heterocycles. The summed E-state index contributed by atoms with van der Waals surface area (Å²) in [6, 6.07) is 0. The van der Waals surface area contributed by atoms with E-state index in [2.05, 4.69) is 29.1 Å². The topological polar surface area (TPSA) is 56.7 Å². The van der Waals surface area contributed by atoms with Crippen molar-refractivity contribution in [3.63, 3.8) is 0 Å². The number of aromatic nitrogens is 4. The van der Waals surface area contributed by atoms with Crippen molar-refractivity contribution in [2.45, 2.75) is 84.6 Å². The second-order valence-electron chi connectivity index (χ2n) is 10.4.